The summed E-state index contributed by atoms with van der Waals surface area (Å²) < 4.78 is 5.16. The minimum Gasteiger partial charge on any atom is -0.497 e. The molecule has 8 nitrogen and oxygen atoms in total. The van der Waals surface area contributed by atoms with E-state index in [1.165, 1.54) is 0 Å². The van der Waals surface area contributed by atoms with Crippen LogP contribution in [-0.4, -0.2) is 79.1 Å². The predicted molar refractivity (Wildman–Crippen MR) is 111 cm³/mol. The number of ether oxygens (including phenoxy) is 1. The van der Waals surface area contributed by atoms with Crippen molar-refractivity contribution in [2.75, 3.05) is 46.4 Å². The van der Waals surface area contributed by atoms with Crippen molar-refractivity contribution in [3.05, 3.63) is 29.8 Å². The number of likely N-dealkylation sites (tertiary alicyclic amines) is 1. The van der Waals surface area contributed by atoms with Crippen LogP contribution < -0.4 is 10.1 Å². The number of halogens is 1. The summed E-state index contributed by atoms with van der Waals surface area (Å²) in [5, 5.41) is 12.2. The van der Waals surface area contributed by atoms with Gasteiger partial charge in [-0.2, -0.15) is 5.26 Å². The molecule has 2 saturated heterocycles. The van der Waals surface area contributed by atoms with Gasteiger partial charge in [-0.3, -0.25) is 4.79 Å². The Morgan fingerprint density at radius 2 is 1.97 bits per heavy atom. The number of benzene rings is 1. The van der Waals surface area contributed by atoms with Gasteiger partial charge in [0, 0.05) is 39.3 Å². The Bertz CT molecular complexity index is 737. The van der Waals surface area contributed by atoms with E-state index in [4.69, 9.17) is 10.00 Å². The Hall–Kier alpha value is -2.50. The molecule has 0 spiro atoms. The molecule has 1 N–H and O–H groups in total. The molecule has 0 aromatic heterocycles. The molecule has 9 heteroatoms. The number of carbonyl (C=O) groups excluding carboxylic acids is 2. The van der Waals surface area contributed by atoms with Crippen molar-refractivity contribution in [2.24, 2.45) is 0 Å². The van der Waals surface area contributed by atoms with Crippen LogP contribution >= 0.6 is 12.4 Å². The molecule has 1 atom stereocenters. The van der Waals surface area contributed by atoms with Crippen molar-refractivity contribution in [3.63, 3.8) is 0 Å². The van der Waals surface area contributed by atoms with E-state index >= 15 is 0 Å². The maximum absolute atomic E-state index is 12.5. The average molecular weight is 422 g/mol. The third-order valence-electron chi connectivity index (χ3n) is 5.27. The first-order valence-electron chi connectivity index (χ1n) is 9.69. The van der Waals surface area contributed by atoms with E-state index in [0.717, 1.165) is 24.2 Å². The van der Waals surface area contributed by atoms with Crippen molar-refractivity contribution in [1.82, 2.24) is 20.0 Å². The molecule has 158 valence electrons. The molecule has 0 aliphatic carbocycles. The van der Waals surface area contributed by atoms with E-state index in [0.29, 0.717) is 39.3 Å². The fourth-order valence-electron chi connectivity index (χ4n) is 3.65. The maximum atomic E-state index is 12.5. The van der Waals surface area contributed by atoms with E-state index in [-0.39, 0.29) is 36.9 Å². The Morgan fingerprint density at radius 1 is 1.24 bits per heavy atom. The standard InChI is InChI=1S/C20H27N5O3.ClH/c1-28-18-6-4-16(5-7-18)15-24-12-11-23(20(24)27)10-8-22-14-19(26)25-9-2-3-17(25)13-21;/h4-7,17,22H,2-3,8-12,14-15H2,1H3;1H/t17-;/m0./s1. The number of methoxy groups -OCH3 is 1. The van der Waals surface area contributed by atoms with Gasteiger partial charge < -0.3 is 24.8 Å². The molecule has 2 aliphatic rings. The highest BCUT2D eigenvalue weighted by Gasteiger charge is 2.29. The SMILES string of the molecule is COc1ccc(CN2CCN(CCNCC(=O)N3CCC[C@H]3C#N)C2=O)cc1.Cl. The van der Waals surface area contributed by atoms with Crippen LogP contribution in [0.25, 0.3) is 0 Å². The van der Waals surface area contributed by atoms with Gasteiger partial charge in [0.05, 0.1) is 19.7 Å². The van der Waals surface area contributed by atoms with Gasteiger partial charge >= 0.3 is 6.03 Å². The number of nitrogens with one attached hydrogen (secondary N) is 1. The molecule has 29 heavy (non-hydrogen) atoms. The van der Waals surface area contributed by atoms with E-state index in [2.05, 4.69) is 11.4 Å². The van der Waals surface area contributed by atoms with Crippen molar-refractivity contribution in [2.45, 2.75) is 25.4 Å². The Morgan fingerprint density at radius 3 is 2.66 bits per heavy atom. The van der Waals surface area contributed by atoms with Crippen LogP contribution in [0.1, 0.15) is 18.4 Å². The molecule has 3 amide bonds. The molecule has 0 saturated carbocycles. The third kappa shape index (κ3) is 5.75. The zero-order chi connectivity index (χ0) is 19.9. The van der Waals surface area contributed by atoms with Crippen LogP contribution in [0.2, 0.25) is 0 Å². The highest BCUT2D eigenvalue weighted by Crippen LogP contribution is 2.17. The fraction of sp³-hybridized carbons (Fsp3) is 0.550. The van der Waals surface area contributed by atoms with Gasteiger partial charge in [0.15, 0.2) is 0 Å². The Balaban J connectivity index is 0.00000300. The summed E-state index contributed by atoms with van der Waals surface area (Å²) in [6, 6.07) is 9.63. The van der Waals surface area contributed by atoms with E-state index in [1.54, 1.807) is 16.9 Å². The van der Waals surface area contributed by atoms with Gasteiger partial charge in [-0.1, -0.05) is 12.1 Å². The minimum absolute atomic E-state index is 0. The molecular formula is C20H28ClN5O3. The average Bonchev–Trinajstić information content (AvgIpc) is 3.33. The number of nitrogens with zero attached hydrogens (tertiary/aromatic N) is 4. The number of amides is 3. The van der Waals surface area contributed by atoms with Crippen LogP contribution in [0.5, 0.6) is 5.75 Å². The van der Waals surface area contributed by atoms with Crippen LogP contribution in [0.4, 0.5) is 4.79 Å². The van der Waals surface area contributed by atoms with Crippen LogP contribution in [0.15, 0.2) is 24.3 Å². The summed E-state index contributed by atoms with van der Waals surface area (Å²) in [5.74, 6) is 0.756. The topological polar surface area (TPSA) is 88.9 Å². The molecule has 0 radical (unpaired) electrons. The maximum Gasteiger partial charge on any atom is 0.320 e. The summed E-state index contributed by atoms with van der Waals surface area (Å²) in [4.78, 5) is 30.0. The quantitative estimate of drug-likeness (QED) is 0.642. The van der Waals surface area contributed by atoms with Crippen molar-refractivity contribution in [3.8, 4) is 11.8 Å². The van der Waals surface area contributed by atoms with E-state index in [1.807, 2.05) is 29.2 Å². The van der Waals surface area contributed by atoms with Gasteiger partial charge in [-0.25, -0.2) is 4.79 Å². The summed E-state index contributed by atoms with van der Waals surface area (Å²) in [7, 11) is 1.63. The highest BCUT2D eigenvalue weighted by atomic mass is 35.5. The molecule has 2 fully saturated rings. The number of urea groups is 1. The fourth-order valence-corrected chi connectivity index (χ4v) is 3.65. The lowest BCUT2D eigenvalue weighted by Gasteiger charge is -2.21. The third-order valence-corrected chi connectivity index (χ3v) is 5.27. The van der Waals surface area contributed by atoms with E-state index < -0.39 is 0 Å². The number of hydrogen-bond donors (Lipinski definition) is 1. The second-order valence-corrected chi connectivity index (χ2v) is 7.09. The van der Waals surface area contributed by atoms with Crippen LogP contribution in [0, 0.1) is 11.3 Å². The second-order valence-electron chi connectivity index (χ2n) is 7.09. The largest absolute Gasteiger partial charge is 0.497 e. The van der Waals surface area contributed by atoms with Gasteiger partial charge in [0.2, 0.25) is 5.91 Å². The van der Waals surface area contributed by atoms with Crippen LogP contribution in [0.3, 0.4) is 0 Å². The molecule has 1 aromatic carbocycles. The Labute approximate surface area is 177 Å². The van der Waals surface area contributed by atoms with E-state index in [9.17, 15) is 9.59 Å². The molecular weight excluding hydrogens is 394 g/mol. The first kappa shape index (κ1) is 22.8. The van der Waals surface area contributed by atoms with Gasteiger partial charge in [-0.15, -0.1) is 12.4 Å². The molecule has 0 unspecified atom stereocenters. The predicted octanol–water partition coefficient (Wildman–Crippen LogP) is 1.46. The lowest BCUT2D eigenvalue weighted by Crippen LogP contribution is -2.42. The van der Waals surface area contributed by atoms with Crippen LogP contribution in [-0.2, 0) is 11.3 Å². The smallest absolute Gasteiger partial charge is 0.320 e. The van der Waals surface area contributed by atoms with Gasteiger partial charge in [-0.05, 0) is 30.5 Å². The van der Waals surface area contributed by atoms with Crippen molar-refractivity contribution in [1.29, 1.82) is 5.26 Å². The summed E-state index contributed by atoms with van der Waals surface area (Å²) >= 11 is 0. The number of nitriles is 1. The second kappa shape index (κ2) is 10.9. The lowest BCUT2D eigenvalue weighted by molar-refractivity contribution is -0.130. The molecule has 0 bridgehead atoms. The van der Waals surface area contributed by atoms with Crippen molar-refractivity contribution >= 4 is 24.3 Å². The number of hydrogen-bond acceptors (Lipinski definition) is 5. The highest BCUT2D eigenvalue weighted by molar-refractivity contribution is 5.85. The van der Waals surface area contributed by atoms with Gasteiger partial charge in [0.25, 0.3) is 0 Å². The summed E-state index contributed by atoms with van der Waals surface area (Å²) in [6.07, 6.45) is 1.64. The molecule has 2 aliphatic heterocycles. The van der Waals surface area contributed by atoms with Crippen molar-refractivity contribution < 1.29 is 14.3 Å². The zero-order valence-corrected chi connectivity index (χ0v) is 17.5. The molecule has 2 heterocycles. The number of carbonyl (C=O) groups is 2. The first-order valence-corrected chi connectivity index (χ1v) is 9.69. The monoisotopic (exact) mass is 421 g/mol. The lowest BCUT2D eigenvalue weighted by atomic mass is 10.2. The summed E-state index contributed by atoms with van der Waals surface area (Å²) in [5.41, 5.74) is 1.07. The number of rotatable bonds is 8. The summed E-state index contributed by atoms with van der Waals surface area (Å²) in [6.45, 7) is 3.94. The molecule has 3 rings (SSSR count). The first-order chi connectivity index (χ1) is 13.6. The zero-order valence-electron chi connectivity index (χ0n) is 16.7. The minimum atomic E-state index is -0.291. The Kier molecular flexibility index (Phi) is 8.55. The molecule has 1 aromatic rings. The normalized spacial score (nSPS) is 18.6. The van der Waals surface area contributed by atoms with Gasteiger partial charge in [0.1, 0.15) is 11.8 Å².